The maximum Gasteiger partial charge on any atom is 0.410 e. The Hall–Kier alpha value is -1.33. The van der Waals surface area contributed by atoms with Gasteiger partial charge in [-0.3, -0.25) is 0 Å². The van der Waals surface area contributed by atoms with Crippen LogP contribution in [0.4, 0.5) is 9.18 Å². The third-order valence-electron chi connectivity index (χ3n) is 3.66. The Morgan fingerprint density at radius 2 is 2.13 bits per heavy atom. The first-order valence-corrected chi connectivity index (χ1v) is 8.02. The van der Waals surface area contributed by atoms with Crippen LogP contribution in [-0.2, 0) is 16.1 Å². The maximum absolute atomic E-state index is 13.4. The molecule has 1 saturated heterocycles. The van der Waals surface area contributed by atoms with Gasteiger partial charge in [0.05, 0.1) is 23.8 Å². The van der Waals surface area contributed by atoms with Crippen LogP contribution in [-0.4, -0.2) is 35.3 Å². The molecule has 1 aromatic carbocycles. The van der Waals surface area contributed by atoms with Crippen LogP contribution >= 0.6 is 11.6 Å². The average molecular weight is 344 g/mol. The molecule has 1 amide bonds. The third-order valence-corrected chi connectivity index (χ3v) is 3.97. The molecule has 1 aliphatic heterocycles. The molecule has 1 aliphatic rings. The number of nitrogens with zero attached hydrogens (tertiary/aromatic N) is 1. The lowest BCUT2D eigenvalue weighted by Crippen LogP contribution is -2.39. The van der Waals surface area contributed by atoms with Gasteiger partial charge in [-0.2, -0.15) is 0 Å². The van der Waals surface area contributed by atoms with E-state index >= 15 is 0 Å². The number of hydrogen-bond acceptors (Lipinski definition) is 3. The summed E-state index contributed by atoms with van der Waals surface area (Å²) in [6.45, 7) is 8.78. The van der Waals surface area contributed by atoms with E-state index in [1.54, 1.807) is 11.0 Å². The second-order valence-electron chi connectivity index (χ2n) is 7.14. The third kappa shape index (κ3) is 5.08. The fourth-order valence-corrected chi connectivity index (χ4v) is 2.54. The van der Waals surface area contributed by atoms with Gasteiger partial charge in [-0.25, -0.2) is 9.18 Å². The molecular formula is C17H23ClFNO3. The molecule has 0 aromatic heterocycles. The SMILES string of the molecule is CC(C)(C)OC(=O)N1CCC(C)(OCc2ccc(Cl)c(F)c2)C1. The van der Waals surface area contributed by atoms with Crippen LogP contribution in [0, 0.1) is 5.82 Å². The number of rotatable bonds is 3. The lowest BCUT2D eigenvalue weighted by atomic mass is 10.1. The van der Waals surface area contributed by atoms with E-state index < -0.39 is 17.0 Å². The smallest absolute Gasteiger partial charge is 0.410 e. The molecule has 1 fully saturated rings. The van der Waals surface area contributed by atoms with E-state index in [1.165, 1.54) is 12.1 Å². The second-order valence-corrected chi connectivity index (χ2v) is 7.55. The highest BCUT2D eigenvalue weighted by Gasteiger charge is 2.38. The molecule has 2 rings (SSSR count). The molecule has 0 radical (unpaired) electrons. The molecule has 23 heavy (non-hydrogen) atoms. The first-order chi connectivity index (χ1) is 10.6. The Kier molecular flexibility index (Phi) is 5.21. The lowest BCUT2D eigenvalue weighted by Gasteiger charge is -2.27. The molecule has 0 spiro atoms. The van der Waals surface area contributed by atoms with Crippen molar-refractivity contribution in [1.82, 2.24) is 4.90 Å². The van der Waals surface area contributed by atoms with E-state index in [-0.39, 0.29) is 17.7 Å². The van der Waals surface area contributed by atoms with Gasteiger partial charge in [0.15, 0.2) is 0 Å². The van der Waals surface area contributed by atoms with Gasteiger partial charge in [0.2, 0.25) is 0 Å². The molecule has 0 N–H and O–H groups in total. The standard InChI is InChI=1S/C17H23ClFNO3/c1-16(2,3)23-15(21)20-8-7-17(4,11-20)22-10-12-5-6-13(18)14(19)9-12/h5-6,9H,7-8,10-11H2,1-4H3. The van der Waals surface area contributed by atoms with Crippen LogP contribution in [0.1, 0.15) is 39.7 Å². The van der Waals surface area contributed by atoms with Crippen LogP contribution in [0.3, 0.4) is 0 Å². The summed E-state index contributed by atoms with van der Waals surface area (Å²) < 4.78 is 24.7. The van der Waals surface area contributed by atoms with Gasteiger partial charge in [-0.05, 0) is 51.8 Å². The van der Waals surface area contributed by atoms with Crippen molar-refractivity contribution in [3.8, 4) is 0 Å². The monoisotopic (exact) mass is 343 g/mol. The molecule has 4 nitrogen and oxygen atoms in total. The molecule has 128 valence electrons. The topological polar surface area (TPSA) is 38.8 Å². The molecule has 1 unspecified atom stereocenters. The summed E-state index contributed by atoms with van der Waals surface area (Å²) in [4.78, 5) is 13.7. The van der Waals surface area contributed by atoms with E-state index in [2.05, 4.69) is 0 Å². The van der Waals surface area contributed by atoms with Gasteiger partial charge in [-0.1, -0.05) is 17.7 Å². The maximum atomic E-state index is 13.4. The Balaban J connectivity index is 1.91. The summed E-state index contributed by atoms with van der Waals surface area (Å²) in [6, 6.07) is 4.61. The summed E-state index contributed by atoms with van der Waals surface area (Å²) >= 11 is 5.67. The van der Waals surface area contributed by atoms with Crippen molar-refractivity contribution in [2.24, 2.45) is 0 Å². The van der Waals surface area contributed by atoms with Gasteiger partial charge in [0.1, 0.15) is 11.4 Å². The second kappa shape index (κ2) is 6.65. The summed E-state index contributed by atoms with van der Waals surface area (Å²) in [5.74, 6) is -0.459. The van der Waals surface area contributed by atoms with Gasteiger partial charge in [-0.15, -0.1) is 0 Å². The molecular weight excluding hydrogens is 321 g/mol. The van der Waals surface area contributed by atoms with Gasteiger partial charge < -0.3 is 14.4 Å². The number of carbonyl (C=O) groups is 1. The summed E-state index contributed by atoms with van der Waals surface area (Å²) in [5, 5.41) is 0.0944. The van der Waals surface area contributed by atoms with Crippen molar-refractivity contribution >= 4 is 17.7 Å². The van der Waals surface area contributed by atoms with Gasteiger partial charge in [0, 0.05) is 6.54 Å². The summed E-state index contributed by atoms with van der Waals surface area (Å²) in [7, 11) is 0. The van der Waals surface area contributed by atoms with Crippen LogP contribution in [0.5, 0.6) is 0 Å². The van der Waals surface area contributed by atoms with Gasteiger partial charge in [0.25, 0.3) is 0 Å². The number of hydrogen-bond donors (Lipinski definition) is 0. The molecule has 6 heteroatoms. The first kappa shape index (κ1) is 18.0. The highest BCUT2D eigenvalue weighted by molar-refractivity contribution is 6.30. The fourth-order valence-electron chi connectivity index (χ4n) is 2.42. The molecule has 0 bridgehead atoms. The quantitative estimate of drug-likeness (QED) is 0.816. The minimum absolute atomic E-state index is 0.0944. The van der Waals surface area contributed by atoms with Crippen molar-refractivity contribution in [2.75, 3.05) is 13.1 Å². The van der Waals surface area contributed by atoms with Crippen LogP contribution in [0.2, 0.25) is 5.02 Å². The zero-order valence-corrected chi connectivity index (χ0v) is 14.7. The number of benzene rings is 1. The zero-order valence-electron chi connectivity index (χ0n) is 14.0. The molecule has 1 atom stereocenters. The number of likely N-dealkylation sites (tertiary alicyclic amines) is 1. The Bertz CT molecular complexity index is 588. The Morgan fingerprint density at radius 3 is 2.74 bits per heavy atom. The van der Waals surface area contributed by atoms with Crippen molar-refractivity contribution in [3.63, 3.8) is 0 Å². The zero-order chi connectivity index (χ0) is 17.3. The van der Waals surface area contributed by atoms with E-state index in [9.17, 15) is 9.18 Å². The fraction of sp³-hybridized carbons (Fsp3) is 0.588. The Morgan fingerprint density at radius 1 is 1.43 bits per heavy atom. The van der Waals surface area contributed by atoms with E-state index in [1.807, 2.05) is 27.7 Å². The van der Waals surface area contributed by atoms with Crippen molar-refractivity contribution in [3.05, 3.63) is 34.6 Å². The first-order valence-electron chi connectivity index (χ1n) is 7.64. The van der Waals surface area contributed by atoms with Crippen molar-refractivity contribution < 1.29 is 18.7 Å². The van der Waals surface area contributed by atoms with Crippen molar-refractivity contribution in [1.29, 1.82) is 0 Å². The lowest BCUT2D eigenvalue weighted by molar-refractivity contribution is -0.0375. The average Bonchev–Trinajstić information content (AvgIpc) is 2.82. The highest BCUT2D eigenvalue weighted by Crippen LogP contribution is 2.28. The minimum Gasteiger partial charge on any atom is -0.444 e. The predicted molar refractivity (Wildman–Crippen MR) is 87.0 cm³/mol. The summed E-state index contributed by atoms with van der Waals surface area (Å²) in [5.41, 5.74) is -0.269. The largest absolute Gasteiger partial charge is 0.444 e. The molecule has 1 heterocycles. The van der Waals surface area contributed by atoms with Crippen LogP contribution in [0.15, 0.2) is 18.2 Å². The van der Waals surface area contributed by atoms with Crippen LogP contribution < -0.4 is 0 Å². The number of carbonyl (C=O) groups excluding carboxylic acids is 1. The summed E-state index contributed by atoms with van der Waals surface area (Å²) in [6.07, 6.45) is 0.379. The Labute approximate surface area is 141 Å². The molecule has 1 aromatic rings. The molecule has 0 aliphatic carbocycles. The van der Waals surface area contributed by atoms with E-state index in [0.29, 0.717) is 25.1 Å². The van der Waals surface area contributed by atoms with Crippen LogP contribution in [0.25, 0.3) is 0 Å². The minimum atomic E-state index is -0.516. The van der Waals surface area contributed by atoms with E-state index in [4.69, 9.17) is 21.1 Å². The van der Waals surface area contributed by atoms with Crippen molar-refractivity contribution in [2.45, 2.75) is 51.9 Å². The number of ether oxygens (including phenoxy) is 2. The normalized spacial score (nSPS) is 21.6. The number of amides is 1. The number of halogens is 2. The molecule has 0 saturated carbocycles. The van der Waals surface area contributed by atoms with Gasteiger partial charge >= 0.3 is 6.09 Å². The van der Waals surface area contributed by atoms with E-state index in [0.717, 1.165) is 0 Å². The predicted octanol–water partition coefficient (Wildman–Crippen LogP) is 4.40. The highest BCUT2D eigenvalue weighted by atomic mass is 35.5.